The van der Waals surface area contributed by atoms with Crippen molar-refractivity contribution in [3.8, 4) is 0 Å². The quantitative estimate of drug-likeness (QED) is 0.682. The number of nitrogens with zero attached hydrogens (tertiary/aromatic N) is 1. The SMILES string of the molecule is NCCC1CN(CCCC2COC2)C1. The third kappa shape index (κ3) is 2.69. The molecule has 0 aromatic rings. The molecule has 0 radical (unpaired) electrons. The minimum Gasteiger partial charge on any atom is -0.381 e. The molecule has 2 fully saturated rings. The molecule has 2 aliphatic rings. The first-order chi connectivity index (χ1) is 6.88. The van der Waals surface area contributed by atoms with Crippen molar-refractivity contribution in [1.29, 1.82) is 0 Å². The van der Waals surface area contributed by atoms with Crippen LogP contribution in [0.1, 0.15) is 19.3 Å². The first-order valence-electron chi connectivity index (χ1n) is 5.88. The summed E-state index contributed by atoms with van der Waals surface area (Å²) in [4.78, 5) is 2.56. The van der Waals surface area contributed by atoms with Crippen LogP contribution in [-0.2, 0) is 4.74 Å². The molecule has 2 rings (SSSR count). The highest BCUT2D eigenvalue weighted by molar-refractivity contribution is 4.80. The Morgan fingerprint density at radius 2 is 1.93 bits per heavy atom. The number of nitrogens with two attached hydrogens (primary N) is 1. The van der Waals surface area contributed by atoms with Crippen molar-refractivity contribution in [3.63, 3.8) is 0 Å². The highest BCUT2D eigenvalue weighted by atomic mass is 16.5. The van der Waals surface area contributed by atoms with Crippen LogP contribution in [0.25, 0.3) is 0 Å². The van der Waals surface area contributed by atoms with Crippen molar-refractivity contribution in [2.24, 2.45) is 17.6 Å². The van der Waals surface area contributed by atoms with Crippen LogP contribution >= 0.6 is 0 Å². The second-order valence-corrected chi connectivity index (χ2v) is 4.75. The molecule has 2 aliphatic heterocycles. The Balaban J connectivity index is 1.43. The molecular formula is C11H22N2O. The average Bonchev–Trinajstić information content (AvgIpc) is 2.04. The summed E-state index contributed by atoms with van der Waals surface area (Å²) in [6.07, 6.45) is 3.92. The minimum atomic E-state index is 0.859. The van der Waals surface area contributed by atoms with Crippen molar-refractivity contribution in [2.45, 2.75) is 19.3 Å². The summed E-state index contributed by atoms with van der Waals surface area (Å²) in [5.74, 6) is 1.77. The van der Waals surface area contributed by atoms with Crippen LogP contribution in [0.5, 0.6) is 0 Å². The summed E-state index contributed by atoms with van der Waals surface area (Å²) < 4.78 is 5.15. The van der Waals surface area contributed by atoms with E-state index in [4.69, 9.17) is 10.5 Å². The van der Waals surface area contributed by atoms with Crippen LogP contribution in [0.3, 0.4) is 0 Å². The Bertz CT molecular complexity index is 165. The number of hydrogen-bond acceptors (Lipinski definition) is 3. The van der Waals surface area contributed by atoms with E-state index in [1.54, 1.807) is 0 Å². The van der Waals surface area contributed by atoms with Gasteiger partial charge in [0.05, 0.1) is 13.2 Å². The number of ether oxygens (including phenoxy) is 1. The zero-order valence-corrected chi connectivity index (χ0v) is 8.95. The van der Waals surface area contributed by atoms with Crippen molar-refractivity contribution in [3.05, 3.63) is 0 Å². The fourth-order valence-corrected chi connectivity index (χ4v) is 2.33. The predicted molar refractivity (Wildman–Crippen MR) is 57.1 cm³/mol. The standard InChI is InChI=1S/C11H22N2O/c12-4-3-10-6-13(7-10)5-1-2-11-8-14-9-11/h10-11H,1-9,12H2. The van der Waals surface area contributed by atoms with E-state index >= 15 is 0 Å². The van der Waals surface area contributed by atoms with Gasteiger partial charge in [-0.3, -0.25) is 0 Å². The van der Waals surface area contributed by atoms with Gasteiger partial charge in [0.1, 0.15) is 0 Å². The number of hydrogen-bond donors (Lipinski definition) is 1. The Kier molecular flexibility index (Phi) is 3.79. The van der Waals surface area contributed by atoms with Crippen LogP contribution < -0.4 is 5.73 Å². The van der Waals surface area contributed by atoms with E-state index < -0.39 is 0 Å². The lowest BCUT2D eigenvalue weighted by molar-refractivity contribution is -0.0383. The Morgan fingerprint density at radius 1 is 1.14 bits per heavy atom. The summed E-state index contributed by atoms with van der Waals surface area (Å²) in [5.41, 5.74) is 5.52. The summed E-state index contributed by atoms with van der Waals surface area (Å²) >= 11 is 0. The van der Waals surface area contributed by atoms with Crippen molar-refractivity contribution < 1.29 is 4.74 Å². The van der Waals surface area contributed by atoms with Gasteiger partial charge in [-0.05, 0) is 38.3 Å². The van der Waals surface area contributed by atoms with Crippen molar-refractivity contribution >= 4 is 0 Å². The van der Waals surface area contributed by atoms with E-state index in [1.165, 1.54) is 38.9 Å². The molecule has 0 bridgehead atoms. The summed E-state index contributed by atoms with van der Waals surface area (Å²) in [5, 5.41) is 0. The van der Waals surface area contributed by atoms with Crippen LogP contribution in [0.2, 0.25) is 0 Å². The highest BCUT2D eigenvalue weighted by Crippen LogP contribution is 2.21. The molecule has 2 N–H and O–H groups in total. The molecule has 2 saturated heterocycles. The number of likely N-dealkylation sites (tertiary alicyclic amines) is 1. The maximum atomic E-state index is 5.52. The van der Waals surface area contributed by atoms with Gasteiger partial charge in [-0.25, -0.2) is 0 Å². The molecule has 0 spiro atoms. The molecule has 82 valence electrons. The van der Waals surface area contributed by atoms with Gasteiger partial charge in [0.15, 0.2) is 0 Å². The predicted octanol–water partition coefficient (Wildman–Crippen LogP) is 0.694. The molecule has 0 aliphatic carbocycles. The third-order valence-electron chi connectivity index (χ3n) is 3.40. The molecule has 14 heavy (non-hydrogen) atoms. The fourth-order valence-electron chi connectivity index (χ4n) is 2.33. The van der Waals surface area contributed by atoms with Gasteiger partial charge in [0, 0.05) is 19.0 Å². The second-order valence-electron chi connectivity index (χ2n) is 4.75. The van der Waals surface area contributed by atoms with Gasteiger partial charge < -0.3 is 15.4 Å². The van der Waals surface area contributed by atoms with Gasteiger partial charge in [0.25, 0.3) is 0 Å². The lowest BCUT2D eigenvalue weighted by Gasteiger charge is -2.39. The largest absolute Gasteiger partial charge is 0.381 e. The topological polar surface area (TPSA) is 38.5 Å². The molecule has 3 heteroatoms. The molecule has 0 atom stereocenters. The number of rotatable bonds is 6. The van der Waals surface area contributed by atoms with Crippen LogP contribution in [0.4, 0.5) is 0 Å². The summed E-state index contributed by atoms with van der Waals surface area (Å²) in [7, 11) is 0. The maximum Gasteiger partial charge on any atom is 0.0516 e. The Labute approximate surface area is 86.6 Å². The molecular weight excluding hydrogens is 176 g/mol. The summed E-state index contributed by atoms with van der Waals surface area (Å²) in [6, 6.07) is 0. The molecule has 0 aromatic carbocycles. The van der Waals surface area contributed by atoms with Crippen LogP contribution in [0.15, 0.2) is 0 Å². The average molecular weight is 198 g/mol. The van der Waals surface area contributed by atoms with Gasteiger partial charge in [-0.1, -0.05) is 0 Å². The smallest absolute Gasteiger partial charge is 0.0516 e. The molecule has 3 nitrogen and oxygen atoms in total. The van der Waals surface area contributed by atoms with E-state index in [1.807, 2.05) is 0 Å². The normalized spacial score (nSPS) is 24.6. The van der Waals surface area contributed by atoms with Crippen LogP contribution in [-0.4, -0.2) is 44.3 Å². The monoisotopic (exact) mass is 198 g/mol. The summed E-state index contributed by atoms with van der Waals surface area (Å²) in [6.45, 7) is 6.75. The Morgan fingerprint density at radius 3 is 2.50 bits per heavy atom. The van der Waals surface area contributed by atoms with E-state index in [2.05, 4.69) is 4.90 Å². The zero-order chi connectivity index (χ0) is 9.80. The van der Waals surface area contributed by atoms with Crippen molar-refractivity contribution in [2.75, 3.05) is 39.4 Å². The third-order valence-corrected chi connectivity index (χ3v) is 3.40. The Hall–Kier alpha value is -0.120. The highest BCUT2D eigenvalue weighted by Gasteiger charge is 2.25. The lowest BCUT2D eigenvalue weighted by Crippen LogP contribution is -2.47. The molecule has 0 amide bonds. The van der Waals surface area contributed by atoms with E-state index in [-0.39, 0.29) is 0 Å². The van der Waals surface area contributed by atoms with E-state index in [0.717, 1.165) is 31.6 Å². The molecule has 2 heterocycles. The molecule has 0 aromatic heterocycles. The maximum absolute atomic E-state index is 5.52. The fraction of sp³-hybridized carbons (Fsp3) is 1.00. The van der Waals surface area contributed by atoms with Crippen molar-refractivity contribution in [1.82, 2.24) is 4.90 Å². The minimum absolute atomic E-state index is 0.859. The second kappa shape index (κ2) is 5.10. The first kappa shape index (κ1) is 10.4. The van der Waals surface area contributed by atoms with Gasteiger partial charge in [0.2, 0.25) is 0 Å². The van der Waals surface area contributed by atoms with E-state index in [0.29, 0.717) is 0 Å². The zero-order valence-electron chi connectivity index (χ0n) is 8.95. The van der Waals surface area contributed by atoms with Crippen LogP contribution in [0, 0.1) is 11.8 Å². The van der Waals surface area contributed by atoms with Gasteiger partial charge in [-0.15, -0.1) is 0 Å². The van der Waals surface area contributed by atoms with Gasteiger partial charge >= 0.3 is 0 Å². The molecule has 0 unspecified atom stereocenters. The van der Waals surface area contributed by atoms with E-state index in [9.17, 15) is 0 Å². The lowest BCUT2D eigenvalue weighted by atomic mass is 9.95. The first-order valence-corrected chi connectivity index (χ1v) is 5.88. The molecule has 0 saturated carbocycles. The van der Waals surface area contributed by atoms with Gasteiger partial charge in [-0.2, -0.15) is 0 Å².